The van der Waals surface area contributed by atoms with Gasteiger partial charge in [0.25, 0.3) is 0 Å². The van der Waals surface area contributed by atoms with E-state index in [1.165, 1.54) is 18.9 Å². The second kappa shape index (κ2) is 15.1. The second-order valence-corrected chi connectivity index (χ2v) is 27.5. The first-order valence-corrected chi connectivity index (χ1v) is 24.3. The van der Waals surface area contributed by atoms with E-state index in [1.807, 2.05) is 41.5 Å². The van der Waals surface area contributed by atoms with Gasteiger partial charge in [0.1, 0.15) is 0 Å². The first kappa shape index (κ1) is 38.5. The smallest absolute Gasteiger partial charge is 0.312 e. The van der Waals surface area contributed by atoms with Gasteiger partial charge in [-0.25, -0.2) is 0 Å². The quantitative estimate of drug-likeness (QED) is 0.0833. The fraction of sp³-hybridized carbons (Fsp3) is 0.933. The van der Waals surface area contributed by atoms with Crippen molar-refractivity contribution in [3.63, 3.8) is 0 Å². The summed E-state index contributed by atoms with van der Waals surface area (Å²) in [5, 5.41) is 0. The molecule has 0 rings (SSSR count). The van der Waals surface area contributed by atoms with E-state index < -0.39 is 41.4 Å². The van der Waals surface area contributed by atoms with Crippen LogP contribution >= 0.6 is 0 Å². The first-order valence-electron chi connectivity index (χ1n) is 15.2. The highest BCUT2D eigenvalue weighted by molar-refractivity contribution is 6.87. The highest BCUT2D eigenvalue weighted by atomic mass is 28.5. The lowest BCUT2D eigenvalue weighted by molar-refractivity contribution is -0.168. The van der Waals surface area contributed by atoms with Crippen LogP contribution in [0.15, 0.2) is 0 Å². The molecule has 0 radical (unpaired) electrons. The minimum Gasteiger partial charge on any atom is -0.465 e. The monoisotopic (exact) mass is 604 g/mol. The highest BCUT2D eigenvalue weighted by Crippen LogP contribution is 2.49. The van der Waals surface area contributed by atoms with Crippen molar-refractivity contribution in [3.8, 4) is 0 Å². The van der Waals surface area contributed by atoms with Crippen LogP contribution in [0.2, 0.25) is 51.4 Å². The van der Waals surface area contributed by atoms with Crippen molar-refractivity contribution in [1.82, 2.24) is 0 Å². The molecule has 0 aliphatic carbocycles. The molecule has 0 aliphatic heterocycles. The zero-order chi connectivity index (χ0) is 30.9. The van der Waals surface area contributed by atoms with Crippen LogP contribution in [-0.4, -0.2) is 50.3 Å². The van der Waals surface area contributed by atoms with Gasteiger partial charge in [-0.1, -0.05) is 54.4 Å². The molecule has 0 spiro atoms. The lowest BCUT2D eigenvalue weighted by atomic mass is 9.60. The third kappa shape index (κ3) is 13.4. The molecule has 0 aromatic rings. The fourth-order valence-electron chi connectivity index (χ4n) is 5.13. The predicted octanol–water partition coefficient (Wildman–Crippen LogP) is 8.92. The minimum atomic E-state index is -2.23. The summed E-state index contributed by atoms with van der Waals surface area (Å²) >= 11 is 0. The topological polar surface area (TPSA) is 71.1 Å². The summed E-state index contributed by atoms with van der Waals surface area (Å²) in [6.45, 7) is 32.4. The second-order valence-electron chi connectivity index (χ2n) is 15.1. The fourth-order valence-corrected chi connectivity index (χ4v) is 19.3. The van der Waals surface area contributed by atoms with Crippen LogP contribution in [0.4, 0.5) is 0 Å². The maximum atomic E-state index is 13.3. The molecule has 6 nitrogen and oxygen atoms in total. The van der Waals surface area contributed by atoms with Crippen LogP contribution in [0.5, 0.6) is 0 Å². The Morgan fingerprint density at radius 3 is 1.67 bits per heavy atom. The van der Waals surface area contributed by atoms with E-state index in [0.29, 0.717) is 26.1 Å². The number of unbranched alkanes of at least 4 members (excludes halogenated alkanes) is 1. The molecular weight excluding hydrogens is 541 g/mol. The Morgan fingerprint density at radius 1 is 0.744 bits per heavy atom. The summed E-state index contributed by atoms with van der Waals surface area (Å²) in [4.78, 5) is 26.3. The lowest BCUT2D eigenvalue weighted by Gasteiger charge is -2.44. The zero-order valence-electron chi connectivity index (χ0n) is 28.4. The molecule has 0 bridgehead atoms. The molecule has 0 aromatic heterocycles. The van der Waals surface area contributed by atoms with E-state index in [-0.39, 0.29) is 17.9 Å². The Bertz CT molecular complexity index is 777. The number of hydrogen-bond acceptors (Lipinski definition) is 6. The molecule has 0 N–H and O–H groups in total. The number of ether oxygens (including phenoxy) is 2. The van der Waals surface area contributed by atoms with Crippen LogP contribution in [0, 0.1) is 22.2 Å². The average Bonchev–Trinajstić information content (AvgIpc) is 2.76. The van der Waals surface area contributed by atoms with E-state index >= 15 is 0 Å². The summed E-state index contributed by atoms with van der Waals surface area (Å²) in [6.07, 6.45) is 4.37. The molecule has 9 heteroatoms. The summed E-state index contributed by atoms with van der Waals surface area (Å²) in [7, 11) is -5.93. The maximum Gasteiger partial charge on any atom is 0.312 e. The van der Waals surface area contributed by atoms with E-state index in [2.05, 4.69) is 60.1 Å². The summed E-state index contributed by atoms with van der Waals surface area (Å²) in [5.74, 6) is -0.119. The number of rotatable bonds is 19. The van der Waals surface area contributed by atoms with Gasteiger partial charge in [-0.2, -0.15) is 0 Å². The summed E-state index contributed by atoms with van der Waals surface area (Å²) in [6, 6.07) is 2.08. The zero-order valence-corrected chi connectivity index (χ0v) is 31.4. The van der Waals surface area contributed by atoms with Gasteiger partial charge in [-0.05, 0) is 103 Å². The molecule has 0 saturated heterocycles. The van der Waals surface area contributed by atoms with Gasteiger partial charge < -0.3 is 17.7 Å². The Morgan fingerprint density at radius 2 is 1.23 bits per heavy atom. The molecule has 0 heterocycles. The van der Waals surface area contributed by atoms with Crippen LogP contribution in [-0.2, 0) is 27.3 Å². The van der Waals surface area contributed by atoms with Crippen LogP contribution in [0.1, 0.15) is 94.4 Å². The van der Waals surface area contributed by atoms with Crippen molar-refractivity contribution in [1.29, 1.82) is 0 Å². The molecular formula is C30H64O6Si3. The molecule has 0 amide bonds. The van der Waals surface area contributed by atoms with Crippen LogP contribution < -0.4 is 0 Å². The van der Waals surface area contributed by atoms with Gasteiger partial charge in [0, 0.05) is 0 Å². The maximum absolute atomic E-state index is 13.3. The standard InChI is InChI=1S/C30H64O6Si3/c1-16-18-21-37(10,11)35-39(14,15)36-38(12,13)22-19-20-33-26(31)29(7,8)28(5,6)24-30(9,17-2)27(32)34-23-25(3)4/h25H,16-24H2,1-15H3. The third-order valence-corrected chi connectivity index (χ3v) is 19.7. The Labute approximate surface area is 245 Å². The normalized spacial score (nSPS) is 15.3. The molecule has 0 aromatic carbocycles. The number of carbonyl (C=O) groups is 2. The molecule has 1 atom stereocenters. The van der Waals surface area contributed by atoms with Crippen molar-refractivity contribution >= 4 is 37.1 Å². The van der Waals surface area contributed by atoms with Gasteiger partial charge >= 0.3 is 20.5 Å². The summed E-state index contributed by atoms with van der Waals surface area (Å²) < 4.78 is 24.8. The van der Waals surface area contributed by atoms with Crippen molar-refractivity contribution < 1.29 is 27.3 Å². The molecule has 39 heavy (non-hydrogen) atoms. The van der Waals surface area contributed by atoms with Crippen molar-refractivity contribution in [3.05, 3.63) is 0 Å². The minimum absolute atomic E-state index is 0.185. The predicted molar refractivity (Wildman–Crippen MR) is 171 cm³/mol. The number of carbonyl (C=O) groups excluding carboxylic acids is 2. The van der Waals surface area contributed by atoms with Gasteiger partial charge in [0.15, 0.2) is 16.6 Å². The first-order chi connectivity index (χ1) is 17.5. The van der Waals surface area contributed by atoms with Crippen molar-refractivity contribution in [2.75, 3.05) is 13.2 Å². The van der Waals surface area contributed by atoms with E-state index in [1.54, 1.807) is 0 Å². The lowest BCUT2D eigenvalue weighted by Crippen LogP contribution is -2.52. The van der Waals surface area contributed by atoms with E-state index in [9.17, 15) is 9.59 Å². The Balaban J connectivity index is 5.07. The van der Waals surface area contributed by atoms with Crippen LogP contribution in [0.3, 0.4) is 0 Å². The Hall–Kier alpha value is -0.489. The molecule has 0 saturated carbocycles. The van der Waals surface area contributed by atoms with Crippen molar-refractivity contribution in [2.45, 2.75) is 146 Å². The average molecular weight is 605 g/mol. The molecule has 1 unspecified atom stereocenters. The molecule has 232 valence electrons. The van der Waals surface area contributed by atoms with Gasteiger partial charge in [0.2, 0.25) is 0 Å². The van der Waals surface area contributed by atoms with E-state index in [0.717, 1.165) is 12.5 Å². The molecule has 0 aliphatic rings. The largest absolute Gasteiger partial charge is 0.465 e. The SMILES string of the molecule is CCCC[Si](C)(C)O[Si](C)(C)O[Si](C)(C)CCCOC(=O)C(C)(C)C(C)(C)CC(C)(CC)C(=O)OCC(C)C. The summed E-state index contributed by atoms with van der Waals surface area (Å²) in [5.41, 5.74) is -1.89. The number of esters is 2. The Kier molecular flexibility index (Phi) is 14.9. The van der Waals surface area contributed by atoms with E-state index in [4.69, 9.17) is 17.7 Å². The molecule has 0 fully saturated rings. The number of hydrogen-bond donors (Lipinski definition) is 0. The highest BCUT2D eigenvalue weighted by Gasteiger charge is 2.50. The third-order valence-electron chi connectivity index (χ3n) is 8.19. The van der Waals surface area contributed by atoms with Crippen LogP contribution in [0.25, 0.3) is 0 Å². The van der Waals surface area contributed by atoms with Gasteiger partial charge in [-0.3, -0.25) is 9.59 Å². The van der Waals surface area contributed by atoms with Crippen molar-refractivity contribution in [2.24, 2.45) is 22.2 Å². The van der Waals surface area contributed by atoms with Gasteiger partial charge in [-0.15, -0.1) is 0 Å². The van der Waals surface area contributed by atoms with Gasteiger partial charge in [0.05, 0.1) is 24.0 Å².